The van der Waals surface area contributed by atoms with Gasteiger partial charge in [-0.2, -0.15) is 0 Å². The Bertz CT molecular complexity index is 573. The molecule has 0 amide bonds. The fraction of sp³-hybridized carbons (Fsp3) is 0.214. The summed E-state index contributed by atoms with van der Waals surface area (Å²) in [7, 11) is 0. The number of aryl methyl sites for hydroxylation is 1. The molecule has 0 aliphatic rings. The molecule has 1 aromatic carbocycles. The molecule has 18 heavy (non-hydrogen) atoms. The lowest BCUT2D eigenvalue weighted by molar-refractivity contribution is 0.0990. The van der Waals surface area contributed by atoms with Gasteiger partial charge in [-0.15, -0.1) is 0 Å². The lowest BCUT2D eigenvalue weighted by Crippen LogP contribution is -2.06. The summed E-state index contributed by atoms with van der Waals surface area (Å²) in [5.74, 6) is -1.00. The van der Waals surface area contributed by atoms with Crippen LogP contribution in [0.4, 0.5) is 8.78 Å². The molecule has 2 nitrogen and oxygen atoms in total. The topological polar surface area (TPSA) is 30.2 Å². The van der Waals surface area contributed by atoms with E-state index in [4.69, 9.17) is 4.42 Å². The van der Waals surface area contributed by atoms with Gasteiger partial charge in [-0.05, 0) is 17.7 Å². The maximum absolute atomic E-state index is 13.4. The van der Waals surface area contributed by atoms with Crippen LogP contribution < -0.4 is 0 Å². The van der Waals surface area contributed by atoms with Gasteiger partial charge >= 0.3 is 0 Å². The maximum Gasteiger partial charge on any atom is 0.170 e. The molecule has 0 atom stereocenters. The van der Waals surface area contributed by atoms with Gasteiger partial charge in [-0.3, -0.25) is 4.79 Å². The molecular formula is C14H12F2O2. The van der Waals surface area contributed by atoms with Crippen LogP contribution >= 0.6 is 0 Å². The van der Waals surface area contributed by atoms with Crippen LogP contribution in [0.5, 0.6) is 0 Å². The van der Waals surface area contributed by atoms with E-state index in [0.29, 0.717) is 17.7 Å². The van der Waals surface area contributed by atoms with Crippen molar-refractivity contribution < 1.29 is 18.0 Å². The number of hydrogen-bond donors (Lipinski definition) is 0. The van der Waals surface area contributed by atoms with Gasteiger partial charge in [-0.1, -0.05) is 13.0 Å². The first-order chi connectivity index (χ1) is 8.61. The van der Waals surface area contributed by atoms with Crippen molar-refractivity contribution >= 4 is 5.78 Å². The molecule has 0 aliphatic carbocycles. The zero-order chi connectivity index (χ0) is 13.1. The first-order valence-corrected chi connectivity index (χ1v) is 5.65. The van der Waals surface area contributed by atoms with Crippen molar-refractivity contribution in [3.8, 4) is 0 Å². The molecule has 0 fully saturated rings. The number of furan rings is 1. The fourth-order valence-electron chi connectivity index (χ4n) is 1.80. The highest BCUT2D eigenvalue weighted by atomic mass is 19.1. The van der Waals surface area contributed by atoms with Crippen LogP contribution in [0.15, 0.2) is 34.9 Å². The molecule has 4 heteroatoms. The Kier molecular flexibility index (Phi) is 3.55. The van der Waals surface area contributed by atoms with Crippen LogP contribution in [0.25, 0.3) is 0 Å². The van der Waals surface area contributed by atoms with Crippen molar-refractivity contribution in [1.82, 2.24) is 0 Å². The number of carbonyl (C=O) groups is 1. The normalized spacial score (nSPS) is 10.6. The average molecular weight is 250 g/mol. The lowest BCUT2D eigenvalue weighted by atomic mass is 10.0. The summed E-state index contributed by atoms with van der Waals surface area (Å²) >= 11 is 0. The molecular weight excluding hydrogens is 238 g/mol. The van der Waals surface area contributed by atoms with E-state index in [1.807, 2.05) is 6.92 Å². The molecule has 0 unspecified atom stereocenters. The molecule has 1 heterocycles. The molecule has 0 bridgehead atoms. The van der Waals surface area contributed by atoms with Gasteiger partial charge in [0.2, 0.25) is 0 Å². The number of rotatable bonds is 4. The first-order valence-electron chi connectivity index (χ1n) is 5.65. The number of halogens is 2. The van der Waals surface area contributed by atoms with Gasteiger partial charge in [-0.25, -0.2) is 8.78 Å². The minimum absolute atomic E-state index is 0.0986. The van der Waals surface area contributed by atoms with E-state index in [1.165, 1.54) is 12.3 Å². The first kappa shape index (κ1) is 12.5. The molecule has 94 valence electrons. The van der Waals surface area contributed by atoms with E-state index in [2.05, 4.69) is 0 Å². The average Bonchev–Trinajstić information content (AvgIpc) is 2.81. The summed E-state index contributed by atoms with van der Waals surface area (Å²) in [4.78, 5) is 12.0. The molecule has 0 spiro atoms. The largest absolute Gasteiger partial charge is 0.469 e. The zero-order valence-electron chi connectivity index (χ0n) is 9.87. The van der Waals surface area contributed by atoms with Gasteiger partial charge in [0, 0.05) is 18.9 Å². The molecule has 2 aromatic rings. The Hall–Kier alpha value is -1.97. The number of Topliss-reactive ketones (excluding diaryl/α,β-unsaturated/α-hetero) is 1. The van der Waals surface area contributed by atoms with E-state index >= 15 is 0 Å². The van der Waals surface area contributed by atoms with Crippen LogP contribution in [0.1, 0.15) is 28.6 Å². The third-order valence-electron chi connectivity index (χ3n) is 2.73. The predicted octanol–water partition coefficient (Wildman–Crippen LogP) is 3.55. The van der Waals surface area contributed by atoms with Gasteiger partial charge < -0.3 is 4.42 Å². The maximum atomic E-state index is 13.4. The SMILES string of the molecule is CCc1occc1C(=O)Cc1ccc(F)cc1F. The second-order valence-corrected chi connectivity index (χ2v) is 3.95. The summed E-state index contributed by atoms with van der Waals surface area (Å²) in [5.41, 5.74) is 0.644. The third-order valence-corrected chi connectivity index (χ3v) is 2.73. The fourth-order valence-corrected chi connectivity index (χ4v) is 1.80. The van der Waals surface area contributed by atoms with E-state index in [9.17, 15) is 13.6 Å². The van der Waals surface area contributed by atoms with Crippen LogP contribution in [0.3, 0.4) is 0 Å². The van der Waals surface area contributed by atoms with Crippen molar-refractivity contribution in [2.45, 2.75) is 19.8 Å². The van der Waals surface area contributed by atoms with Crippen LogP contribution in [0.2, 0.25) is 0 Å². The van der Waals surface area contributed by atoms with E-state index in [-0.39, 0.29) is 17.8 Å². The standard InChI is InChI=1S/C14H12F2O2/c1-2-14-11(5-6-18-14)13(17)7-9-3-4-10(15)8-12(9)16/h3-6,8H,2,7H2,1H3. The molecule has 0 saturated heterocycles. The second kappa shape index (κ2) is 5.12. The number of benzene rings is 1. The van der Waals surface area contributed by atoms with Crippen molar-refractivity contribution in [3.05, 3.63) is 59.1 Å². The number of carbonyl (C=O) groups excluding carboxylic acids is 1. The monoisotopic (exact) mass is 250 g/mol. The Morgan fingerprint density at radius 2 is 2.06 bits per heavy atom. The smallest absolute Gasteiger partial charge is 0.170 e. The molecule has 0 saturated carbocycles. The summed E-state index contributed by atoms with van der Waals surface area (Å²) < 4.78 is 31.3. The Morgan fingerprint density at radius 3 is 2.72 bits per heavy atom. The quantitative estimate of drug-likeness (QED) is 0.777. The summed E-state index contributed by atoms with van der Waals surface area (Å²) in [6, 6.07) is 4.78. The molecule has 2 rings (SSSR count). The van der Waals surface area contributed by atoms with Crippen LogP contribution in [-0.4, -0.2) is 5.78 Å². The van der Waals surface area contributed by atoms with Gasteiger partial charge in [0.25, 0.3) is 0 Å². The highest BCUT2D eigenvalue weighted by molar-refractivity contribution is 5.98. The molecule has 1 aromatic heterocycles. The van der Waals surface area contributed by atoms with E-state index < -0.39 is 11.6 Å². The Labute approximate surface area is 103 Å². The number of hydrogen-bond acceptors (Lipinski definition) is 2. The summed E-state index contributed by atoms with van der Waals surface area (Å²) in [6.07, 6.45) is 1.94. The molecule has 0 aliphatic heterocycles. The molecule has 0 radical (unpaired) electrons. The van der Waals surface area contributed by atoms with E-state index in [1.54, 1.807) is 6.07 Å². The third kappa shape index (κ3) is 2.47. The highest BCUT2D eigenvalue weighted by Crippen LogP contribution is 2.17. The second-order valence-electron chi connectivity index (χ2n) is 3.95. The van der Waals surface area contributed by atoms with Crippen molar-refractivity contribution in [1.29, 1.82) is 0 Å². The van der Waals surface area contributed by atoms with Crippen molar-refractivity contribution in [2.24, 2.45) is 0 Å². The summed E-state index contributed by atoms with van der Waals surface area (Å²) in [6.45, 7) is 1.87. The Morgan fingerprint density at radius 1 is 1.28 bits per heavy atom. The minimum atomic E-state index is -0.704. The van der Waals surface area contributed by atoms with Crippen molar-refractivity contribution in [3.63, 3.8) is 0 Å². The van der Waals surface area contributed by atoms with Crippen LogP contribution in [-0.2, 0) is 12.8 Å². The van der Waals surface area contributed by atoms with Crippen molar-refractivity contribution in [2.75, 3.05) is 0 Å². The highest BCUT2D eigenvalue weighted by Gasteiger charge is 2.15. The summed E-state index contributed by atoms with van der Waals surface area (Å²) in [5, 5.41) is 0. The van der Waals surface area contributed by atoms with Gasteiger partial charge in [0.1, 0.15) is 17.4 Å². The number of ketones is 1. The minimum Gasteiger partial charge on any atom is -0.469 e. The van der Waals surface area contributed by atoms with Crippen LogP contribution in [0, 0.1) is 11.6 Å². The van der Waals surface area contributed by atoms with Gasteiger partial charge in [0.15, 0.2) is 5.78 Å². The predicted molar refractivity (Wildman–Crippen MR) is 62.5 cm³/mol. The van der Waals surface area contributed by atoms with Gasteiger partial charge in [0.05, 0.1) is 11.8 Å². The Balaban J connectivity index is 2.21. The van der Waals surface area contributed by atoms with E-state index in [0.717, 1.165) is 12.1 Å². The molecule has 0 N–H and O–H groups in total. The lowest BCUT2D eigenvalue weighted by Gasteiger charge is -2.03. The zero-order valence-corrected chi connectivity index (χ0v) is 9.87.